The van der Waals surface area contributed by atoms with E-state index in [1.807, 2.05) is 24.3 Å². The summed E-state index contributed by atoms with van der Waals surface area (Å²) in [6.07, 6.45) is 3.36. The number of carboxylic acids is 1. The second-order valence-electron chi connectivity index (χ2n) is 5.91. The van der Waals surface area contributed by atoms with Crippen molar-refractivity contribution in [3.05, 3.63) is 36.5 Å². The zero-order chi connectivity index (χ0) is 17.8. The van der Waals surface area contributed by atoms with Gasteiger partial charge in [-0.05, 0) is 25.0 Å². The number of hydrogen-bond donors (Lipinski definition) is 2. The fraction of sp³-hybridized carbons (Fsp3) is 0.389. The molecule has 0 amide bonds. The van der Waals surface area contributed by atoms with Crippen LogP contribution in [0.1, 0.15) is 18.5 Å². The number of aryl methyl sites for hydroxylation is 1. The first kappa shape index (κ1) is 17.2. The van der Waals surface area contributed by atoms with Crippen molar-refractivity contribution >= 4 is 17.0 Å². The van der Waals surface area contributed by atoms with Gasteiger partial charge in [0.2, 0.25) is 5.88 Å². The van der Waals surface area contributed by atoms with Gasteiger partial charge in [-0.3, -0.25) is 4.79 Å². The summed E-state index contributed by atoms with van der Waals surface area (Å²) in [6, 6.07) is 4.97. The standard InChI is InChI=1S/C18H21N3O4/c1-3-4-6-13-17(25-11-9-14(18(22)23)19-10-11)21-16-12(20-13)7-5-8-15(16)24-2/h3,5,7-8,11,14,19H,1,4,6,9-10H2,2H3,(H,22,23)/t11-,14+/m1/s1. The normalized spacial score (nSPS) is 19.7. The molecular formula is C18H21N3O4. The van der Waals surface area contributed by atoms with Crippen molar-refractivity contribution in [1.29, 1.82) is 0 Å². The summed E-state index contributed by atoms with van der Waals surface area (Å²) in [6.45, 7) is 4.21. The minimum Gasteiger partial charge on any atom is -0.494 e. The monoisotopic (exact) mass is 343 g/mol. The number of allylic oxidation sites excluding steroid dienone is 1. The van der Waals surface area contributed by atoms with E-state index in [0.717, 1.165) is 17.6 Å². The van der Waals surface area contributed by atoms with Gasteiger partial charge in [-0.1, -0.05) is 12.1 Å². The van der Waals surface area contributed by atoms with Gasteiger partial charge in [0.1, 0.15) is 29.1 Å². The van der Waals surface area contributed by atoms with E-state index in [1.54, 1.807) is 7.11 Å². The third-order valence-electron chi connectivity index (χ3n) is 4.17. The molecule has 1 fully saturated rings. The van der Waals surface area contributed by atoms with Crippen LogP contribution in [-0.2, 0) is 11.2 Å². The number of carbonyl (C=O) groups is 1. The maximum Gasteiger partial charge on any atom is 0.320 e. The van der Waals surface area contributed by atoms with Gasteiger partial charge in [-0.15, -0.1) is 6.58 Å². The van der Waals surface area contributed by atoms with E-state index in [4.69, 9.17) is 14.6 Å². The minimum absolute atomic E-state index is 0.259. The second kappa shape index (κ2) is 7.48. The number of nitrogens with zero attached hydrogens (tertiary/aromatic N) is 2. The molecule has 7 nitrogen and oxygen atoms in total. The van der Waals surface area contributed by atoms with Crippen molar-refractivity contribution in [2.75, 3.05) is 13.7 Å². The molecule has 1 aromatic heterocycles. The van der Waals surface area contributed by atoms with Crippen LogP contribution in [0.5, 0.6) is 11.6 Å². The Morgan fingerprint density at radius 1 is 1.48 bits per heavy atom. The van der Waals surface area contributed by atoms with Gasteiger partial charge < -0.3 is 19.9 Å². The highest BCUT2D eigenvalue weighted by atomic mass is 16.5. The van der Waals surface area contributed by atoms with Crippen LogP contribution in [0.15, 0.2) is 30.9 Å². The van der Waals surface area contributed by atoms with Crippen LogP contribution < -0.4 is 14.8 Å². The van der Waals surface area contributed by atoms with Crippen LogP contribution in [0.4, 0.5) is 0 Å². The molecule has 0 saturated carbocycles. The number of methoxy groups -OCH3 is 1. The molecule has 2 heterocycles. The summed E-state index contributed by atoms with van der Waals surface area (Å²) in [5.74, 6) is 0.180. The Labute approximate surface area is 145 Å². The number of ether oxygens (including phenoxy) is 2. The van der Waals surface area contributed by atoms with Crippen LogP contribution in [0, 0.1) is 0 Å². The molecule has 3 rings (SSSR count). The number of fused-ring (bicyclic) bond motifs is 1. The van der Waals surface area contributed by atoms with Crippen LogP contribution in [0.2, 0.25) is 0 Å². The lowest BCUT2D eigenvalue weighted by Crippen LogP contribution is -2.30. The highest BCUT2D eigenvalue weighted by molar-refractivity contribution is 5.81. The molecule has 2 aromatic rings. The topological polar surface area (TPSA) is 93.6 Å². The first-order chi connectivity index (χ1) is 12.1. The Hall–Kier alpha value is -2.67. The molecule has 1 aliphatic heterocycles. The van der Waals surface area contributed by atoms with Crippen molar-refractivity contribution in [2.24, 2.45) is 0 Å². The highest BCUT2D eigenvalue weighted by Gasteiger charge is 2.31. The lowest BCUT2D eigenvalue weighted by Gasteiger charge is -2.16. The van der Waals surface area contributed by atoms with Gasteiger partial charge in [-0.2, -0.15) is 0 Å². The highest BCUT2D eigenvalue weighted by Crippen LogP contribution is 2.28. The Balaban J connectivity index is 1.93. The molecule has 25 heavy (non-hydrogen) atoms. The van der Waals surface area contributed by atoms with E-state index < -0.39 is 12.0 Å². The van der Waals surface area contributed by atoms with Crippen LogP contribution in [0.25, 0.3) is 11.0 Å². The smallest absolute Gasteiger partial charge is 0.320 e. The van der Waals surface area contributed by atoms with Gasteiger partial charge in [0.25, 0.3) is 0 Å². The molecule has 132 valence electrons. The summed E-state index contributed by atoms with van der Waals surface area (Å²) >= 11 is 0. The lowest BCUT2D eigenvalue weighted by molar-refractivity contribution is -0.139. The summed E-state index contributed by atoms with van der Waals surface area (Å²) in [4.78, 5) is 20.4. The average Bonchev–Trinajstić information content (AvgIpc) is 3.08. The van der Waals surface area contributed by atoms with Crippen LogP contribution in [0.3, 0.4) is 0 Å². The van der Waals surface area contributed by atoms with Gasteiger partial charge in [0.05, 0.1) is 12.6 Å². The number of para-hydroxylation sites is 1. The van der Waals surface area contributed by atoms with E-state index in [-0.39, 0.29) is 6.10 Å². The predicted octanol–water partition coefficient (Wildman–Crippen LogP) is 1.95. The molecule has 1 aliphatic rings. The number of aromatic nitrogens is 2. The predicted molar refractivity (Wildman–Crippen MR) is 93.1 cm³/mol. The largest absolute Gasteiger partial charge is 0.494 e. The van der Waals surface area contributed by atoms with Gasteiger partial charge in [0.15, 0.2) is 0 Å². The van der Waals surface area contributed by atoms with Crippen molar-refractivity contribution in [3.63, 3.8) is 0 Å². The third kappa shape index (κ3) is 3.71. The maximum absolute atomic E-state index is 11.1. The molecule has 0 bridgehead atoms. The first-order valence-corrected chi connectivity index (χ1v) is 8.19. The van der Waals surface area contributed by atoms with Crippen molar-refractivity contribution in [3.8, 4) is 11.6 Å². The third-order valence-corrected chi connectivity index (χ3v) is 4.17. The second-order valence-corrected chi connectivity index (χ2v) is 5.91. The van der Waals surface area contributed by atoms with Gasteiger partial charge in [-0.25, -0.2) is 9.97 Å². The molecule has 0 unspecified atom stereocenters. The zero-order valence-electron chi connectivity index (χ0n) is 14.1. The minimum atomic E-state index is -0.871. The summed E-state index contributed by atoms with van der Waals surface area (Å²) < 4.78 is 11.4. The maximum atomic E-state index is 11.1. The molecule has 0 aliphatic carbocycles. The Kier molecular flexibility index (Phi) is 5.14. The number of carboxylic acid groups (broad SMARTS) is 1. The fourth-order valence-electron chi connectivity index (χ4n) is 2.87. The van der Waals surface area contributed by atoms with E-state index in [0.29, 0.717) is 36.5 Å². The Morgan fingerprint density at radius 2 is 2.32 bits per heavy atom. The number of rotatable bonds is 7. The van der Waals surface area contributed by atoms with E-state index in [1.165, 1.54) is 0 Å². The number of aliphatic carboxylic acids is 1. The molecule has 1 aromatic carbocycles. The van der Waals surface area contributed by atoms with E-state index in [2.05, 4.69) is 21.9 Å². The van der Waals surface area contributed by atoms with Gasteiger partial charge >= 0.3 is 5.97 Å². The molecule has 0 spiro atoms. The van der Waals surface area contributed by atoms with Crippen molar-refractivity contribution in [1.82, 2.24) is 15.3 Å². The van der Waals surface area contributed by atoms with Gasteiger partial charge in [0, 0.05) is 13.0 Å². The van der Waals surface area contributed by atoms with Crippen molar-refractivity contribution < 1.29 is 19.4 Å². The number of benzene rings is 1. The first-order valence-electron chi connectivity index (χ1n) is 8.19. The number of nitrogens with one attached hydrogen (secondary N) is 1. The van der Waals surface area contributed by atoms with Crippen LogP contribution in [-0.4, -0.2) is 46.8 Å². The van der Waals surface area contributed by atoms with E-state index >= 15 is 0 Å². The quantitative estimate of drug-likeness (QED) is 0.742. The molecule has 7 heteroatoms. The molecule has 2 N–H and O–H groups in total. The van der Waals surface area contributed by atoms with Crippen LogP contribution >= 0.6 is 0 Å². The number of hydrogen-bond acceptors (Lipinski definition) is 6. The summed E-state index contributed by atoms with van der Waals surface area (Å²) in [5, 5.41) is 12.0. The average molecular weight is 343 g/mol. The molecular weight excluding hydrogens is 322 g/mol. The molecule has 2 atom stereocenters. The molecule has 1 saturated heterocycles. The Morgan fingerprint density at radius 3 is 3.00 bits per heavy atom. The summed E-state index contributed by atoms with van der Waals surface area (Å²) in [5.41, 5.74) is 2.10. The zero-order valence-corrected chi connectivity index (χ0v) is 14.1. The van der Waals surface area contributed by atoms with Crippen molar-refractivity contribution in [2.45, 2.75) is 31.4 Å². The lowest BCUT2D eigenvalue weighted by atomic mass is 10.2. The molecule has 0 radical (unpaired) electrons. The SMILES string of the molecule is C=CCCc1nc2cccc(OC)c2nc1O[C@H]1CN[C@H](C(=O)O)C1. The fourth-order valence-corrected chi connectivity index (χ4v) is 2.87. The summed E-state index contributed by atoms with van der Waals surface area (Å²) in [7, 11) is 1.58. The Bertz CT molecular complexity index is 793. The van der Waals surface area contributed by atoms with E-state index in [9.17, 15) is 4.79 Å².